The zero-order valence-electron chi connectivity index (χ0n) is 12.5. The van der Waals surface area contributed by atoms with E-state index in [1.54, 1.807) is 0 Å². The zero-order valence-corrected chi connectivity index (χ0v) is 12.5. The van der Waals surface area contributed by atoms with Gasteiger partial charge in [0.25, 0.3) is 0 Å². The summed E-state index contributed by atoms with van der Waals surface area (Å²) in [6.45, 7) is 6.85. The van der Waals surface area contributed by atoms with E-state index in [9.17, 15) is 0 Å². The zero-order chi connectivity index (χ0) is 14.9. The molecule has 0 aliphatic carbocycles. The topological polar surface area (TPSA) is 21.1 Å². The van der Waals surface area contributed by atoms with Crippen LogP contribution in [0.5, 0.6) is 0 Å². The van der Waals surface area contributed by atoms with Crippen LogP contribution in [0.3, 0.4) is 0 Å². The van der Waals surface area contributed by atoms with Crippen LogP contribution in [0.1, 0.15) is 17.4 Å². The fourth-order valence-corrected chi connectivity index (χ4v) is 3.33. The van der Waals surface area contributed by atoms with Gasteiger partial charge >= 0.3 is 0 Å². The minimum Gasteiger partial charge on any atom is -0.319 e. The first kappa shape index (κ1) is 13.3. The molecule has 22 heavy (non-hydrogen) atoms. The molecule has 0 N–H and O–H groups in total. The second kappa shape index (κ2) is 5.43. The lowest BCUT2D eigenvalue weighted by atomic mass is 10.1. The molecule has 110 valence electrons. The summed E-state index contributed by atoms with van der Waals surface area (Å²) in [6.07, 6.45) is 2.04. The third kappa shape index (κ3) is 2.24. The lowest BCUT2D eigenvalue weighted by Gasteiger charge is -2.33. The Balaban J connectivity index is 1.69. The van der Waals surface area contributed by atoms with Crippen LogP contribution in [0.2, 0.25) is 0 Å². The predicted molar refractivity (Wildman–Crippen MR) is 89.5 cm³/mol. The van der Waals surface area contributed by atoms with Gasteiger partial charge in [-0.05, 0) is 17.7 Å². The SMILES string of the molecule is C=C[C@@H]1CN(Cc2ccccc2)Cc2nc3ccccc3n21. The van der Waals surface area contributed by atoms with Crippen LogP contribution < -0.4 is 0 Å². The van der Waals surface area contributed by atoms with E-state index in [2.05, 4.69) is 64.6 Å². The largest absolute Gasteiger partial charge is 0.319 e. The van der Waals surface area contributed by atoms with Crippen LogP contribution in [0.4, 0.5) is 0 Å². The predicted octanol–water partition coefficient (Wildman–Crippen LogP) is 3.78. The lowest BCUT2D eigenvalue weighted by molar-refractivity contribution is 0.194. The molecule has 0 saturated heterocycles. The molecule has 1 atom stereocenters. The van der Waals surface area contributed by atoms with Crippen molar-refractivity contribution in [1.29, 1.82) is 0 Å². The Labute approximate surface area is 130 Å². The Kier molecular flexibility index (Phi) is 3.28. The molecule has 3 nitrogen and oxygen atoms in total. The Hall–Kier alpha value is -2.39. The van der Waals surface area contributed by atoms with Crippen LogP contribution in [-0.2, 0) is 13.1 Å². The van der Waals surface area contributed by atoms with Crippen molar-refractivity contribution in [3.05, 3.63) is 78.6 Å². The van der Waals surface area contributed by atoms with Gasteiger partial charge in [0.2, 0.25) is 0 Å². The van der Waals surface area contributed by atoms with Crippen molar-refractivity contribution in [3.8, 4) is 0 Å². The Bertz CT molecular complexity index is 804. The van der Waals surface area contributed by atoms with Gasteiger partial charge < -0.3 is 4.57 Å². The van der Waals surface area contributed by atoms with E-state index >= 15 is 0 Å². The van der Waals surface area contributed by atoms with Gasteiger partial charge in [-0.25, -0.2) is 4.98 Å². The number of para-hydroxylation sites is 2. The monoisotopic (exact) mass is 289 g/mol. The quantitative estimate of drug-likeness (QED) is 0.684. The summed E-state index contributed by atoms with van der Waals surface area (Å²) < 4.78 is 2.34. The summed E-state index contributed by atoms with van der Waals surface area (Å²) in [5.41, 5.74) is 3.63. The van der Waals surface area contributed by atoms with Crippen molar-refractivity contribution in [3.63, 3.8) is 0 Å². The fraction of sp³-hybridized carbons (Fsp3) is 0.211. The van der Waals surface area contributed by atoms with Crippen molar-refractivity contribution in [1.82, 2.24) is 14.5 Å². The smallest absolute Gasteiger partial charge is 0.124 e. The van der Waals surface area contributed by atoms with E-state index < -0.39 is 0 Å². The van der Waals surface area contributed by atoms with Gasteiger partial charge in [-0.2, -0.15) is 0 Å². The van der Waals surface area contributed by atoms with E-state index in [0.717, 1.165) is 31.0 Å². The van der Waals surface area contributed by atoms with Gasteiger partial charge in [0.15, 0.2) is 0 Å². The average Bonchev–Trinajstić information content (AvgIpc) is 2.93. The number of rotatable bonds is 3. The van der Waals surface area contributed by atoms with Crippen molar-refractivity contribution < 1.29 is 0 Å². The molecule has 1 aliphatic heterocycles. The highest BCUT2D eigenvalue weighted by atomic mass is 15.3. The third-order valence-corrected chi connectivity index (χ3v) is 4.33. The molecule has 0 spiro atoms. The highest BCUT2D eigenvalue weighted by Gasteiger charge is 2.25. The van der Waals surface area contributed by atoms with E-state index in [4.69, 9.17) is 4.98 Å². The van der Waals surface area contributed by atoms with Crippen molar-refractivity contribution >= 4 is 11.0 Å². The molecule has 0 radical (unpaired) electrons. The molecule has 0 bridgehead atoms. The number of aromatic nitrogens is 2. The number of hydrogen-bond acceptors (Lipinski definition) is 2. The van der Waals surface area contributed by atoms with Gasteiger partial charge in [0, 0.05) is 13.1 Å². The lowest BCUT2D eigenvalue weighted by Crippen LogP contribution is -2.36. The molecule has 0 amide bonds. The van der Waals surface area contributed by atoms with Gasteiger partial charge in [0.1, 0.15) is 5.82 Å². The number of benzene rings is 2. The van der Waals surface area contributed by atoms with Gasteiger partial charge in [-0.3, -0.25) is 4.90 Å². The van der Waals surface area contributed by atoms with Crippen LogP contribution in [-0.4, -0.2) is 21.0 Å². The van der Waals surface area contributed by atoms with Crippen LogP contribution in [0, 0.1) is 0 Å². The highest BCUT2D eigenvalue weighted by Crippen LogP contribution is 2.28. The van der Waals surface area contributed by atoms with Gasteiger partial charge in [0.05, 0.1) is 23.6 Å². The summed E-state index contributed by atoms with van der Waals surface area (Å²) in [7, 11) is 0. The fourth-order valence-electron chi connectivity index (χ4n) is 3.33. The molecule has 1 aliphatic rings. The number of imidazole rings is 1. The molecule has 3 heteroatoms. The van der Waals surface area contributed by atoms with E-state index in [-0.39, 0.29) is 6.04 Å². The van der Waals surface area contributed by atoms with E-state index in [1.807, 2.05) is 12.1 Å². The molecule has 0 saturated carbocycles. The average molecular weight is 289 g/mol. The third-order valence-electron chi connectivity index (χ3n) is 4.33. The number of fused-ring (bicyclic) bond motifs is 3. The Morgan fingerprint density at radius 1 is 1.09 bits per heavy atom. The van der Waals surface area contributed by atoms with Crippen LogP contribution in [0.15, 0.2) is 67.3 Å². The maximum Gasteiger partial charge on any atom is 0.124 e. The molecule has 0 fully saturated rings. The maximum atomic E-state index is 4.82. The molecule has 2 heterocycles. The normalized spacial score (nSPS) is 18.3. The minimum atomic E-state index is 0.278. The summed E-state index contributed by atoms with van der Waals surface area (Å²) >= 11 is 0. The summed E-state index contributed by atoms with van der Waals surface area (Å²) in [6, 6.07) is 19.3. The summed E-state index contributed by atoms with van der Waals surface area (Å²) in [5, 5.41) is 0. The first-order chi connectivity index (χ1) is 10.8. The van der Waals surface area contributed by atoms with E-state index in [1.165, 1.54) is 11.1 Å². The summed E-state index contributed by atoms with van der Waals surface area (Å²) in [5.74, 6) is 1.13. The first-order valence-electron chi connectivity index (χ1n) is 7.70. The summed E-state index contributed by atoms with van der Waals surface area (Å²) in [4.78, 5) is 7.26. The van der Waals surface area contributed by atoms with Gasteiger partial charge in [-0.15, -0.1) is 6.58 Å². The standard InChI is InChI=1S/C19H19N3/c1-2-16-13-21(12-15-8-4-3-5-9-15)14-19-20-17-10-6-7-11-18(17)22(16)19/h2-11,16H,1,12-14H2/t16-/m1/s1. The molecular formula is C19H19N3. The Morgan fingerprint density at radius 2 is 1.86 bits per heavy atom. The second-order valence-electron chi connectivity index (χ2n) is 5.85. The molecule has 0 unspecified atom stereocenters. The number of hydrogen-bond donors (Lipinski definition) is 0. The molecule has 4 rings (SSSR count). The van der Waals surface area contributed by atoms with Gasteiger partial charge in [-0.1, -0.05) is 48.5 Å². The Morgan fingerprint density at radius 3 is 2.68 bits per heavy atom. The molecule has 1 aromatic heterocycles. The minimum absolute atomic E-state index is 0.278. The number of nitrogens with zero attached hydrogens (tertiary/aromatic N) is 3. The highest BCUT2D eigenvalue weighted by molar-refractivity contribution is 5.76. The van der Waals surface area contributed by atoms with Crippen molar-refractivity contribution in [2.45, 2.75) is 19.1 Å². The van der Waals surface area contributed by atoms with Crippen molar-refractivity contribution in [2.75, 3.05) is 6.54 Å². The maximum absolute atomic E-state index is 4.82. The second-order valence-corrected chi connectivity index (χ2v) is 5.85. The first-order valence-corrected chi connectivity index (χ1v) is 7.70. The van der Waals surface area contributed by atoms with Crippen LogP contribution in [0.25, 0.3) is 11.0 Å². The van der Waals surface area contributed by atoms with E-state index in [0.29, 0.717) is 0 Å². The molecule has 3 aromatic rings. The van der Waals surface area contributed by atoms with Crippen molar-refractivity contribution in [2.24, 2.45) is 0 Å². The molecule has 2 aromatic carbocycles. The van der Waals surface area contributed by atoms with Crippen LogP contribution >= 0.6 is 0 Å². The molecular weight excluding hydrogens is 270 g/mol.